The van der Waals surface area contributed by atoms with Crippen LogP contribution in [-0.4, -0.2) is 5.78 Å². The Morgan fingerprint density at radius 2 is 2.12 bits per heavy atom. The standard InChI is InChI=1S/C12H11ClFNO/c1-7(2)10(6-15)12(16)9-4-3-8(14)5-11(9)13/h3-5,7,10H,1-2H3. The molecule has 0 bridgehead atoms. The number of halogens is 2. The number of ketones is 1. The lowest BCUT2D eigenvalue weighted by molar-refractivity contribution is 0.0924. The van der Waals surface area contributed by atoms with Gasteiger partial charge >= 0.3 is 0 Å². The number of hydrogen-bond acceptors (Lipinski definition) is 2. The molecule has 1 atom stereocenters. The molecule has 4 heteroatoms. The van der Waals surface area contributed by atoms with Crippen molar-refractivity contribution in [2.75, 3.05) is 0 Å². The molecule has 0 fully saturated rings. The van der Waals surface area contributed by atoms with E-state index in [4.69, 9.17) is 16.9 Å². The summed E-state index contributed by atoms with van der Waals surface area (Å²) in [6, 6.07) is 5.49. The largest absolute Gasteiger partial charge is 0.293 e. The van der Waals surface area contributed by atoms with Gasteiger partial charge in [-0.15, -0.1) is 0 Å². The van der Waals surface area contributed by atoms with Crippen LogP contribution in [0.3, 0.4) is 0 Å². The van der Waals surface area contributed by atoms with Crippen LogP contribution in [0.4, 0.5) is 4.39 Å². The second-order valence-corrected chi connectivity index (χ2v) is 4.25. The van der Waals surface area contributed by atoms with Gasteiger partial charge in [-0.2, -0.15) is 5.26 Å². The van der Waals surface area contributed by atoms with E-state index in [2.05, 4.69) is 0 Å². The van der Waals surface area contributed by atoms with Crippen LogP contribution >= 0.6 is 11.6 Å². The molecule has 1 aromatic rings. The van der Waals surface area contributed by atoms with Gasteiger partial charge in [0.2, 0.25) is 0 Å². The van der Waals surface area contributed by atoms with E-state index >= 15 is 0 Å². The normalized spacial score (nSPS) is 12.2. The van der Waals surface area contributed by atoms with Gasteiger partial charge in [-0.1, -0.05) is 25.4 Å². The Morgan fingerprint density at radius 3 is 2.56 bits per heavy atom. The van der Waals surface area contributed by atoms with E-state index in [1.54, 1.807) is 13.8 Å². The predicted molar refractivity (Wildman–Crippen MR) is 59.7 cm³/mol. The molecule has 84 valence electrons. The summed E-state index contributed by atoms with van der Waals surface area (Å²) in [5, 5.41) is 8.93. The van der Waals surface area contributed by atoms with Crippen molar-refractivity contribution >= 4 is 17.4 Å². The van der Waals surface area contributed by atoms with Crippen LogP contribution in [0.2, 0.25) is 5.02 Å². The number of benzene rings is 1. The van der Waals surface area contributed by atoms with Crippen molar-refractivity contribution in [3.8, 4) is 6.07 Å². The van der Waals surface area contributed by atoms with Gasteiger partial charge in [0.05, 0.1) is 11.1 Å². The molecule has 0 saturated carbocycles. The molecule has 1 aromatic carbocycles. The van der Waals surface area contributed by atoms with Crippen LogP contribution in [0.15, 0.2) is 18.2 Å². The number of carbonyl (C=O) groups excluding carboxylic acids is 1. The first-order chi connectivity index (χ1) is 7.47. The van der Waals surface area contributed by atoms with Gasteiger partial charge in [0, 0.05) is 5.56 Å². The molecule has 0 aliphatic heterocycles. The van der Waals surface area contributed by atoms with Gasteiger partial charge in [0.15, 0.2) is 5.78 Å². The number of rotatable bonds is 3. The number of nitrogens with zero attached hydrogens (tertiary/aromatic N) is 1. The molecule has 0 N–H and O–H groups in total. The Kier molecular flexibility index (Phi) is 4.03. The molecule has 2 nitrogen and oxygen atoms in total. The second-order valence-electron chi connectivity index (χ2n) is 3.84. The van der Waals surface area contributed by atoms with Gasteiger partial charge in [-0.25, -0.2) is 4.39 Å². The fourth-order valence-corrected chi connectivity index (χ4v) is 1.63. The first-order valence-electron chi connectivity index (χ1n) is 4.86. The van der Waals surface area contributed by atoms with Crippen molar-refractivity contribution in [1.82, 2.24) is 0 Å². The topological polar surface area (TPSA) is 40.9 Å². The molecule has 16 heavy (non-hydrogen) atoms. The fraction of sp³-hybridized carbons (Fsp3) is 0.333. The molecule has 0 amide bonds. The molecule has 0 aliphatic carbocycles. The van der Waals surface area contributed by atoms with Gasteiger partial charge in [-0.05, 0) is 24.1 Å². The van der Waals surface area contributed by atoms with Crippen LogP contribution in [0.25, 0.3) is 0 Å². The van der Waals surface area contributed by atoms with Gasteiger partial charge in [-0.3, -0.25) is 4.79 Å². The summed E-state index contributed by atoms with van der Waals surface area (Å²) >= 11 is 5.76. The molecule has 0 aromatic heterocycles. The third-order valence-corrected chi connectivity index (χ3v) is 2.60. The lowest BCUT2D eigenvalue weighted by atomic mass is 9.89. The summed E-state index contributed by atoms with van der Waals surface area (Å²) in [6.45, 7) is 3.56. The number of nitriles is 1. The van der Waals surface area contributed by atoms with Crippen molar-refractivity contribution in [2.24, 2.45) is 11.8 Å². The monoisotopic (exact) mass is 239 g/mol. The Labute approximate surface area is 98.6 Å². The van der Waals surface area contributed by atoms with E-state index < -0.39 is 11.7 Å². The maximum atomic E-state index is 12.8. The number of hydrogen-bond donors (Lipinski definition) is 0. The van der Waals surface area contributed by atoms with E-state index in [-0.39, 0.29) is 22.3 Å². The highest BCUT2D eigenvalue weighted by Crippen LogP contribution is 2.23. The molecule has 1 unspecified atom stereocenters. The highest BCUT2D eigenvalue weighted by atomic mass is 35.5. The van der Waals surface area contributed by atoms with E-state index in [0.717, 1.165) is 12.1 Å². The van der Waals surface area contributed by atoms with Crippen molar-refractivity contribution in [3.05, 3.63) is 34.6 Å². The Balaban J connectivity index is 3.10. The minimum atomic E-state index is -0.747. The second kappa shape index (κ2) is 5.09. The molecule has 0 aliphatic rings. The van der Waals surface area contributed by atoms with E-state index in [0.29, 0.717) is 0 Å². The maximum Gasteiger partial charge on any atom is 0.181 e. The van der Waals surface area contributed by atoms with Crippen molar-refractivity contribution in [3.63, 3.8) is 0 Å². The van der Waals surface area contributed by atoms with Crippen molar-refractivity contribution < 1.29 is 9.18 Å². The molecule has 1 rings (SSSR count). The highest BCUT2D eigenvalue weighted by Gasteiger charge is 2.24. The highest BCUT2D eigenvalue weighted by molar-refractivity contribution is 6.34. The third kappa shape index (κ3) is 2.59. The van der Waals surface area contributed by atoms with Gasteiger partial charge in [0.1, 0.15) is 11.7 Å². The van der Waals surface area contributed by atoms with Crippen LogP contribution in [0.5, 0.6) is 0 Å². The number of carbonyl (C=O) groups is 1. The van der Waals surface area contributed by atoms with Crippen LogP contribution in [0.1, 0.15) is 24.2 Å². The van der Waals surface area contributed by atoms with Crippen molar-refractivity contribution in [1.29, 1.82) is 5.26 Å². The molecule has 0 spiro atoms. The lowest BCUT2D eigenvalue weighted by Gasteiger charge is -2.12. The average molecular weight is 240 g/mol. The Morgan fingerprint density at radius 1 is 1.50 bits per heavy atom. The lowest BCUT2D eigenvalue weighted by Crippen LogP contribution is -2.19. The zero-order chi connectivity index (χ0) is 12.3. The summed E-state index contributed by atoms with van der Waals surface area (Å²) in [5.74, 6) is -1.70. The zero-order valence-corrected chi connectivity index (χ0v) is 9.75. The molecule has 0 heterocycles. The fourth-order valence-electron chi connectivity index (χ4n) is 1.37. The summed E-state index contributed by atoms with van der Waals surface area (Å²) in [5.41, 5.74) is 0.198. The van der Waals surface area contributed by atoms with E-state index in [9.17, 15) is 9.18 Å². The summed E-state index contributed by atoms with van der Waals surface area (Å²) in [4.78, 5) is 11.9. The molecular weight excluding hydrogens is 229 g/mol. The van der Waals surface area contributed by atoms with Gasteiger partial charge < -0.3 is 0 Å². The summed E-state index contributed by atoms with van der Waals surface area (Å²) < 4.78 is 12.8. The van der Waals surface area contributed by atoms with E-state index in [1.165, 1.54) is 6.07 Å². The SMILES string of the molecule is CC(C)C(C#N)C(=O)c1ccc(F)cc1Cl. The van der Waals surface area contributed by atoms with E-state index in [1.807, 2.05) is 6.07 Å². The predicted octanol–water partition coefficient (Wildman–Crippen LogP) is 3.46. The minimum Gasteiger partial charge on any atom is -0.293 e. The Hall–Kier alpha value is -1.40. The molecule has 0 saturated heterocycles. The smallest absolute Gasteiger partial charge is 0.181 e. The third-order valence-electron chi connectivity index (χ3n) is 2.28. The van der Waals surface area contributed by atoms with Crippen LogP contribution < -0.4 is 0 Å². The van der Waals surface area contributed by atoms with Gasteiger partial charge in [0.25, 0.3) is 0 Å². The first kappa shape index (κ1) is 12.7. The first-order valence-corrected chi connectivity index (χ1v) is 5.24. The number of Topliss-reactive ketones (excluding diaryl/α,β-unsaturated/α-hetero) is 1. The summed E-state index contributed by atoms with van der Waals surface area (Å²) in [7, 11) is 0. The summed E-state index contributed by atoms with van der Waals surface area (Å²) in [6.07, 6.45) is 0. The van der Waals surface area contributed by atoms with Crippen LogP contribution in [0, 0.1) is 29.0 Å². The average Bonchev–Trinajstić information content (AvgIpc) is 2.17. The quantitative estimate of drug-likeness (QED) is 0.758. The molecule has 0 radical (unpaired) electrons. The zero-order valence-electron chi connectivity index (χ0n) is 9.00. The Bertz CT molecular complexity index is 451. The minimum absolute atomic E-state index is 0.0471. The maximum absolute atomic E-state index is 12.8. The van der Waals surface area contributed by atoms with Crippen LogP contribution in [-0.2, 0) is 0 Å². The molecular formula is C12H11ClFNO. The van der Waals surface area contributed by atoms with Crippen molar-refractivity contribution in [2.45, 2.75) is 13.8 Å².